The number of hydrogen-bond acceptors (Lipinski definition) is 4. The van der Waals surface area contributed by atoms with E-state index in [2.05, 4.69) is 10.1 Å². The van der Waals surface area contributed by atoms with Crippen LogP contribution in [-0.4, -0.2) is 16.2 Å². The van der Waals surface area contributed by atoms with Gasteiger partial charge in [0.15, 0.2) is 0 Å². The van der Waals surface area contributed by atoms with Crippen molar-refractivity contribution in [1.82, 2.24) is 10.1 Å². The fourth-order valence-corrected chi connectivity index (χ4v) is 3.18. The third-order valence-electron chi connectivity index (χ3n) is 3.63. The Balaban J connectivity index is 1.86. The maximum absolute atomic E-state index is 6.00. The van der Waals surface area contributed by atoms with Crippen molar-refractivity contribution in [2.75, 3.05) is 0 Å². The second-order valence-electron chi connectivity index (χ2n) is 5.24. The molecule has 2 aromatic rings. The van der Waals surface area contributed by atoms with E-state index in [0.29, 0.717) is 21.8 Å². The van der Waals surface area contributed by atoms with Crippen molar-refractivity contribution in [3.8, 4) is 11.4 Å². The molecule has 20 heavy (non-hydrogen) atoms. The van der Waals surface area contributed by atoms with Gasteiger partial charge in [0.1, 0.15) is 0 Å². The van der Waals surface area contributed by atoms with Crippen LogP contribution < -0.4 is 5.73 Å². The Bertz CT molecular complexity index is 594. The van der Waals surface area contributed by atoms with Gasteiger partial charge in [0.05, 0.1) is 0 Å². The average Bonchev–Trinajstić information content (AvgIpc) is 2.87. The molecule has 0 spiro atoms. The monoisotopic (exact) mass is 311 g/mol. The Hall–Kier alpha value is -1.10. The summed E-state index contributed by atoms with van der Waals surface area (Å²) >= 11 is 12.0. The van der Waals surface area contributed by atoms with E-state index in [9.17, 15) is 0 Å². The molecule has 2 atom stereocenters. The van der Waals surface area contributed by atoms with Gasteiger partial charge in [-0.15, -0.1) is 0 Å². The van der Waals surface area contributed by atoms with Gasteiger partial charge in [0, 0.05) is 27.6 Å². The van der Waals surface area contributed by atoms with E-state index >= 15 is 0 Å². The number of halogens is 2. The highest BCUT2D eigenvalue weighted by Crippen LogP contribution is 2.33. The molecule has 2 unspecified atom stereocenters. The molecule has 0 saturated heterocycles. The van der Waals surface area contributed by atoms with E-state index in [0.717, 1.165) is 31.2 Å². The van der Waals surface area contributed by atoms with Gasteiger partial charge < -0.3 is 10.3 Å². The Morgan fingerprint density at radius 3 is 2.60 bits per heavy atom. The smallest absolute Gasteiger partial charge is 0.230 e. The first-order valence-corrected chi connectivity index (χ1v) is 7.43. The van der Waals surface area contributed by atoms with Crippen molar-refractivity contribution in [2.24, 2.45) is 5.73 Å². The molecule has 3 rings (SSSR count). The van der Waals surface area contributed by atoms with Gasteiger partial charge in [-0.3, -0.25) is 0 Å². The highest BCUT2D eigenvalue weighted by Gasteiger charge is 2.25. The van der Waals surface area contributed by atoms with E-state index in [1.54, 1.807) is 18.2 Å². The molecule has 1 aromatic carbocycles. The highest BCUT2D eigenvalue weighted by molar-refractivity contribution is 6.35. The van der Waals surface area contributed by atoms with E-state index in [1.807, 2.05) is 0 Å². The first-order valence-electron chi connectivity index (χ1n) is 6.67. The number of nitrogens with zero attached hydrogens (tertiary/aromatic N) is 2. The minimum Gasteiger partial charge on any atom is -0.339 e. The van der Waals surface area contributed by atoms with Crippen molar-refractivity contribution in [1.29, 1.82) is 0 Å². The van der Waals surface area contributed by atoms with Gasteiger partial charge in [0.25, 0.3) is 0 Å². The zero-order chi connectivity index (χ0) is 14.1. The number of hydrogen-bond donors (Lipinski definition) is 1. The maximum Gasteiger partial charge on any atom is 0.230 e. The molecule has 1 fully saturated rings. The topological polar surface area (TPSA) is 64.9 Å². The zero-order valence-electron chi connectivity index (χ0n) is 10.9. The molecule has 1 aliphatic carbocycles. The zero-order valence-corrected chi connectivity index (χ0v) is 12.4. The minimum atomic E-state index is 0.227. The van der Waals surface area contributed by atoms with Crippen LogP contribution in [-0.2, 0) is 0 Å². The quantitative estimate of drug-likeness (QED) is 0.909. The predicted octanol–water partition coefficient (Wildman–Crippen LogP) is 4.03. The third kappa shape index (κ3) is 2.97. The fourth-order valence-electron chi connectivity index (χ4n) is 2.65. The number of benzene rings is 1. The van der Waals surface area contributed by atoms with Crippen LogP contribution in [0.2, 0.25) is 10.0 Å². The lowest BCUT2D eigenvalue weighted by molar-refractivity contribution is 0.299. The Kier molecular flexibility index (Phi) is 3.96. The summed E-state index contributed by atoms with van der Waals surface area (Å²) in [5.41, 5.74) is 6.76. The van der Waals surface area contributed by atoms with E-state index in [1.165, 1.54) is 0 Å². The molecule has 0 radical (unpaired) electrons. The van der Waals surface area contributed by atoms with E-state index in [4.69, 9.17) is 33.5 Å². The molecule has 1 saturated carbocycles. The predicted molar refractivity (Wildman–Crippen MR) is 78.9 cm³/mol. The van der Waals surface area contributed by atoms with Crippen LogP contribution in [0.5, 0.6) is 0 Å². The standard InChI is InChI=1S/C14H15Cl2N3O/c15-10-4-9(5-11(16)7-10)13-18-14(20-19-13)8-2-1-3-12(17)6-8/h4-5,7-8,12H,1-3,6,17H2. The molecule has 6 heteroatoms. The van der Waals surface area contributed by atoms with Crippen LogP contribution in [0.25, 0.3) is 11.4 Å². The lowest BCUT2D eigenvalue weighted by Gasteiger charge is -2.23. The average molecular weight is 312 g/mol. The second kappa shape index (κ2) is 5.72. The number of aromatic nitrogens is 2. The molecule has 0 amide bonds. The van der Waals surface area contributed by atoms with E-state index in [-0.39, 0.29) is 12.0 Å². The molecule has 1 aliphatic rings. The van der Waals surface area contributed by atoms with Crippen molar-refractivity contribution < 1.29 is 4.52 Å². The molecule has 106 valence electrons. The molecular formula is C14H15Cl2N3O. The van der Waals surface area contributed by atoms with Crippen LogP contribution in [0.15, 0.2) is 22.7 Å². The molecule has 2 N–H and O–H groups in total. The largest absolute Gasteiger partial charge is 0.339 e. The summed E-state index contributed by atoms with van der Waals surface area (Å²) in [6, 6.07) is 5.45. The second-order valence-corrected chi connectivity index (χ2v) is 6.11. The van der Waals surface area contributed by atoms with Gasteiger partial charge in [-0.05, 0) is 37.5 Å². The van der Waals surface area contributed by atoms with Gasteiger partial charge in [-0.1, -0.05) is 34.8 Å². The molecule has 0 aliphatic heterocycles. The summed E-state index contributed by atoms with van der Waals surface area (Å²) < 4.78 is 5.38. The van der Waals surface area contributed by atoms with Crippen molar-refractivity contribution >= 4 is 23.2 Å². The summed E-state index contributed by atoms with van der Waals surface area (Å²) in [6.45, 7) is 0. The molecule has 1 aromatic heterocycles. The molecule has 0 bridgehead atoms. The first-order chi connectivity index (χ1) is 9.61. The summed E-state index contributed by atoms with van der Waals surface area (Å²) in [6.07, 6.45) is 4.12. The van der Waals surface area contributed by atoms with Crippen LogP contribution >= 0.6 is 23.2 Å². The van der Waals surface area contributed by atoms with Crippen LogP contribution in [0.4, 0.5) is 0 Å². The number of nitrogens with two attached hydrogens (primary N) is 1. The first kappa shape index (κ1) is 13.9. The van der Waals surface area contributed by atoms with E-state index < -0.39 is 0 Å². The summed E-state index contributed by atoms with van der Waals surface area (Å²) in [5, 5.41) is 5.13. The molecule has 4 nitrogen and oxygen atoms in total. The Labute approximate surface area is 127 Å². The van der Waals surface area contributed by atoms with Gasteiger partial charge in [0.2, 0.25) is 11.7 Å². The maximum atomic E-state index is 6.00. The van der Waals surface area contributed by atoms with Gasteiger partial charge in [-0.25, -0.2) is 0 Å². The third-order valence-corrected chi connectivity index (χ3v) is 4.06. The Morgan fingerprint density at radius 1 is 1.15 bits per heavy atom. The lowest BCUT2D eigenvalue weighted by atomic mass is 9.86. The minimum absolute atomic E-state index is 0.227. The van der Waals surface area contributed by atoms with Gasteiger partial charge in [-0.2, -0.15) is 4.98 Å². The fraction of sp³-hybridized carbons (Fsp3) is 0.429. The van der Waals surface area contributed by atoms with Crippen LogP contribution in [0, 0.1) is 0 Å². The SMILES string of the molecule is NC1CCCC(c2nc(-c3cc(Cl)cc(Cl)c3)no2)C1. The summed E-state index contributed by atoms with van der Waals surface area (Å²) in [5.74, 6) is 1.43. The number of rotatable bonds is 2. The molecular weight excluding hydrogens is 297 g/mol. The molecule has 1 heterocycles. The van der Waals surface area contributed by atoms with Crippen molar-refractivity contribution in [3.63, 3.8) is 0 Å². The summed E-state index contributed by atoms with van der Waals surface area (Å²) in [7, 11) is 0. The van der Waals surface area contributed by atoms with Crippen LogP contribution in [0.3, 0.4) is 0 Å². The lowest BCUT2D eigenvalue weighted by Crippen LogP contribution is -2.26. The van der Waals surface area contributed by atoms with Crippen LogP contribution in [0.1, 0.15) is 37.5 Å². The Morgan fingerprint density at radius 2 is 1.90 bits per heavy atom. The van der Waals surface area contributed by atoms with Crippen molar-refractivity contribution in [2.45, 2.75) is 37.6 Å². The highest BCUT2D eigenvalue weighted by atomic mass is 35.5. The normalized spacial score (nSPS) is 22.9. The summed E-state index contributed by atoms with van der Waals surface area (Å²) in [4.78, 5) is 4.47. The van der Waals surface area contributed by atoms with Crippen molar-refractivity contribution in [3.05, 3.63) is 34.1 Å². The van der Waals surface area contributed by atoms with Gasteiger partial charge >= 0.3 is 0 Å².